The SMILES string of the molecule is O=C(c1cc2ccccc2s1)c1ccccc1Br. The zero-order valence-corrected chi connectivity index (χ0v) is 11.8. The van der Waals surface area contributed by atoms with Crippen molar-refractivity contribution in [3.05, 3.63) is 69.5 Å². The third kappa shape index (κ3) is 2.00. The number of carbonyl (C=O) groups excluding carboxylic acids is 1. The minimum atomic E-state index is 0.0728. The van der Waals surface area contributed by atoms with E-state index in [1.165, 1.54) is 11.3 Å². The van der Waals surface area contributed by atoms with Crippen molar-refractivity contribution in [1.82, 2.24) is 0 Å². The number of ketones is 1. The quantitative estimate of drug-likeness (QED) is 0.615. The Morgan fingerprint density at radius 3 is 2.50 bits per heavy atom. The Labute approximate surface area is 117 Å². The van der Waals surface area contributed by atoms with Gasteiger partial charge in [-0.2, -0.15) is 0 Å². The second-order valence-electron chi connectivity index (χ2n) is 3.96. The Kier molecular flexibility index (Phi) is 3.02. The number of thiophene rings is 1. The number of hydrogen-bond donors (Lipinski definition) is 0. The molecule has 0 aliphatic rings. The predicted octanol–water partition coefficient (Wildman–Crippen LogP) is 4.89. The highest BCUT2D eigenvalue weighted by Crippen LogP contribution is 2.28. The van der Waals surface area contributed by atoms with Crippen LogP contribution in [0.4, 0.5) is 0 Å². The molecule has 3 heteroatoms. The lowest BCUT2D eigenvalue weighted by Crippen LogP contribution is -1.98. The molecule has 1 aromatic heterocycles. The first kappa shape index (κ1) is 11.6. The first-order valence-electron chi connectivity index (χ1n) is 5.53. The van der Waals surface area contributed by atoms with E-state index >= 15 is 0 Å². The third-order valence-electron chi connectivity index (χ3n) is 2.77. The lowest BCUT2D eigenvalue weighted by atomic mass is 10.1. The Bertz CT molecular complexity index is 697. The molecule has 0 spiro atoms. The molecule has 1 nitrogen and oxygen atoms in total. The fourth-order valence-corrected chi connectivity index (χ4v) is 3.35. The maximum absolute atomic E-state index is 12.4. The van der Waals surface area contributed by atoms with Crippen LogP contribution in [0.5, 0.6) is 0 Å². The molecule has 88 valence electrons. The van der Waals surface area contributed by atoms with E-state index < -0.39 is 0 Å². The molecule has 0 aliphatic heterocycles. The van der Waals surface area contributed by atoms with E-state index in [-0.39, 0.29) is 5.78 Å². The standard InChI is InChI=1S/C15H9BrOS/c16-12-7-3-2-6-11(12)15(17)14-9-10-5-1-4-8-13(10)18-14/h1-9H. The summed E-state index contributed by atoms with van der Waals surface area (Å²) in [5.74, 6) is 0.0728. The highest BCUT2D eigenvalue weighted by molar-refractivity contribution is 9.10. The molecule has 0 unspecified atom stereocenters. The monoisotopic (exact) mass is 316 g/mol. The van der Waals surface area contributed by atoms with E-state index in [1.54, 1.807) is 0 Å². The van der Waals surface area contributed by atoms with E-state index in [4.69, 9.17) is 0 Å². The molecule has 0 bridgehead atoms. The zero-order valence-electron chi connectivity index (χ0n) is 9.39. The predicted molar refractivity (Wildman–Crippen MR) is 79.4 cm³/mol. The van der Waals surface area contributed by atoms with Gasteiger partial charge in [0, 0.05) is 14.7 Å². The van der Waals surface area contributed by atoms with Gasteiger partial charge in [-0.1, -0.05) is 46.3 Å². The van der Waals surface area contributed by atoms with Gasteiger partial charge >= 0.3 is 0 Å². The van der Waals surface area contributed by atoms with Crippen LogP contribution in [0.3, 0.4) is 0 Å². The summed E-state index contributed by atoms with van der Waals surface area (Å²) in [6.45, 7) is 0. The molecule has 3 aromatic rings. The van der Waals surface area contributed by atoms with Crippen molar-refractivity contribution >= 4 is 43.1 Å². The van der Waals surface area contributed by atoms with Gasteiger partial charge in [-0.15, -0.1) is 11.3 Å². The van der Waals surface area contributed by atoms with E-state index in [0.717, 1.165) is 19.4 Å². The van der Waals surface area contributed by atoms with Crippen molar-refractivity contribution in [3.8, 4) is 0 Å². The average Bonchev–Trinajstić information content (AvgIpc) is 2.82. The Hall–Kier alpha value is -1.45. The maximum Gasteiger partial charge on any atom is 0.204 e. The van der Waals surface area contributed by atoms with Crippen molar-refractivity contribution in [2.45, 2.75) is 0 Å². The Balaban J connectivity index is 2.10. The van der Waals surface area contributed by atoms with E-state index in [0.29, 0.717) is 5.56 Å². The van der Waals surface area contributed by atoms with Gasteiger partial charge in [-0.25, -0.2) is 0 Å². The lowest BCUT2D eigenvalue weighted by Gasteiger charge is -2.00. The second kappa shape index (κ2) is 4.67. The third-order valence-corrected chi connectivity index (χ3v) is 4.57. The normalized spacial score (nSPS) is 10.7. The van der Waals surface area contributed by atoms with Gasteiger partial charge in [0.2, 0.25) is 5.78 Å². The van der Waals surface area contributed by atoms with Crippen molar-refractivity contribution in [2.75, 3.05) is 0 Å². The summed E-state index contributed by atoms with van der Waals surface area (Å²) in [6.07, 6.45) is 0. The van der Waals surface area contributed by atoms with Gasteiger partial charge in [-0.05, 0) is 29.7 Å². The lowest BCUT2D eigenvalue weighted by molar-refractivity contribution is 0.104. The van der Waals surface area contributed by atoms with E-state index in [1.807, 2.05) is 54.6 Å². The first-order chi connectivity index (χ1) is 8.75. The molecule has 3 rings (SSSR count). The summed E-state index contributed by atoms with van der Waals surface area (Å²) in [6, 6.07) is 17.5. The molecule has 0 radical (unpaired) electrons. The van der Waals surface area contributed by atoms with Crippen molar-refractivity contribution < 1.29 is 4.79 Å². The van der Waals surface area contributed by atoms with Crippen LogP contribution in [0.2, 0.25) is 0 Å². The Morgan fingerprint density at radius 2 is 1.72 bits per heavy atom. The summed E-state index contributed by atoms with van der Waals surface area (Å²) < 4.78 is 1.99. The zero-order chi connectivity index (χ0) is 12.5. The fraction of sp³-hybridized carbons (Fsp3) is 0. The average molecular weight is 317 g/mol. The molecular weight excluding hydrogens is 308 g/mol. The molecule has 2 aromatic carbocycles. The number of hydrogen-bond acceptors (Lipinski definition) is 2. The summed E-state index contributed by atoms with van der Waals surface area (Å²) in [5.41, 5.74) is 0.712. The molecule has 18 heavy (non-hydrogen) atoms. The van der Waals surface area contributed by atoms with Gasteiger partial charge in [0.1, 0.15) is 0 Å². The summed E-state index contributed by atoms with van der Waals surface area (Å²) in [7, 11) is 0. The maximum atomic E-state index is 12.4. The fourth-order valence-electron chi connectivity index (χ4n) is 1.87. The number of carbonyl (C=O) groups is 1. The highest BCUT2D eigenvalue weighted by Gasteiger charge is 2.14. The number of halogens is 1. The first-order valence-corrected chi connectivity index (χ1v) is 7.14. The van der Waals surface area contributed by atoms with Crippen LogP contribution < -0.4 is 0 Å². The van der Waals surface area contributed by atoms with Gasteiger partial charge < -0.3 is 0 Å². The number of fused-ring (bicyclic) bond motifs is 1. The molecular formula is C15H9BrOS. The number of benzene rings is 2. The summed E-state index contributed by atoms with van der Waals surface area (Å²) >= 11 is 4.96. The van der Waals surface area contributed by atoms with Crippen molar-refractivity contribution in [1.29, 1.82) is 0 Å². The largest absolute Gasteiger partial charge is 0.288 e. The van der Waals surface area contributed by atoms with Crippen LogP contribution in [0.1, 0.15) is 15.2 Å². The van der Waals surface area contributed by atoms with Crippen LogP contribution in [0.25, 0.3) is 10.1 Å². The molecule has 0 atom stereocenters. The van der Waals surface area contributed by atoms with Crippen LogP contribution in [0.15, 0.2) is 59.1 Å². The smallest absolute Gasteiger partial charge is 0.204 e. The summed E-state index contributed by atoms with van der Waals surface area (Å²) in [5, 5.41) is 1.12. The minimum absolute atomic E-state index is 0.0728. The number of rotatable bonds is 2. The molecule has 0 saturated carbocycles. The van der Waals surface area contributed by atoms with Crippen LogP contribution in [-0.2, 0) is 0 Å². The topological polar surface area (TPSA) is 17.1 Å². The molecule has 0 amide bonds. The molecule has 1 heterocycles. The van der Waals surface area contributed by atoms with Gasteiger partial charge in [0.05, 0.1) is 4.88 Å². The second-order valence-corrected chi connectivity index (χ2v) is 5.90. The summed E-state index contributed by atoms with van der Waals surface area (Å²) in [4.78, 5) is 13.2. The van der Waals surface area contributed by atoms with Gasteiger partial charge in [0.25, 0.3) is 0 Å². The van der Waals surface area contributed by atoms with Crippen molar-refractivity contribution in [3.63, 3.8) is 0 Å². The van der Waals surface area contributed by atoms with Crippen LogP contribution in [-0.4, -0.2) is 5.78 Å². The minimum Gasteiger partial charge on any atom is -0.288 e. The molecule has 0 aliphatic carbocycles. The molecule has 0 N–H and O–H groups in total. The van der Waals surface area contributed by atoms with Crippen molar-refractivity contribution in [2.24, 2.45) is 0 Å². The highest BCUT2D eigenvalue weighted by atomic mass is 79.9. The molecule has 0 fully saturated rings. The van der Waals surface area contributed by atoms with E-state index in [2.05, 4.69) is 15.9 Å². The van der Waals surface area contributed by atoms with Crippen LogP contribution >= 0.6 is 27.3 Å². The van der Waals surface area contributed by atoms with Crippen LogP contribution in [0, 0.1) is 0 Å². The van der Waals surface area contributed by atoms with E-state index in [9.17, 15) is 4.79 Å². The Morgan fingerprint density at radius 1 is 1.00 bits per heavy atom. The van der Waals surface area contributed by atoms with Gasteiger partial charge in [-0.3, -0.25) is 4.79 Å². The van der Waals surface area contributed by atoms with Gasteiger partial charge in [0.15, 0.2) is 0 Å². The molecule has 0 saturated heterocycles.